The van der Waals surface area contributed by atoms with Crippen molar-refractivity contribution in [3.05, 3.63) is 145 Å². The third-order valence-corrected chi connectivity index (χ3v) is 22.1. The van der Waals surface area contributed by atoms with Gasteiger partial charge in [-0.3, -0.25) is 55.5 Å². The molecule has 0 atom stereocenters. The molecule has 0 unspecified atom stereocenters. The van der Waals surface area contributed by atoms with Crippen LogP contribution in [0, 0.1) is 0 Å². The molecule has 0 aliphatic rings. The first kappa shape index (κ1) is 71.1. The summed E-state index contributed by atoms with van der Waals surface area (Å²) in [7, 11) is -53.6. The maximum absolute atomic E-state index is 13.8. The molecule has 37 nitrogen and oxygen atoms in total. The lowest BCUT2D eigenvalue weighted by Crippen LogP contribution is -2.23. The van der Waals surface area contributed by atoms with E-state index in [1.807, 2.05) is 20.1 Å². The van der Waals surface area contributed by atoms with E-state index in [4.69, 9.17) is 0 Å². The summed E-state index contributed by atoms with van der Waals surface area (Å²) in [6, 6.07) is 12.6. The molecule has 94 heavy (non-hydrogen) atoms. The molecular weight excluding hydrogens is 1470 g/mol. The number of amides is 4. The Morgan fingerprint density at radius 3 is 0.862 bits per heavy atom. The summed E-state index contributed by atoms with van der Waals surface area (Å²) in [5.41, 5.74) is -5.94. The van der Waals surface area contributed by atoms with Crippen LogP contribution in [0.25, 0.3) is 21.5 Å². The minimum absolute atomic E-state index is 0.193. The Morgan fingerprint density at radius 2 is 0.574 bits per heavy atom. The first-order valence-electron chi connectivity index (χ1n) is 24.1. The van der Waals surface area contributed by atoms with Gasteiger partial charge in [0.2, 0.25) is 0 Å². The van der Waals surface area contributed by atoms with Gasteiger partial charge in [0.25, 0.3) is 113 Å². The van der Waals surface area contributed by atoms with Gasteiger partial charge in [-0.2, -0.15) is 67.3 Å². The van der Waals surface area contributed by atoms with Gasteiger partial charge in [0.05, 0.1) is 52.1 Å². The second-order valence-electron chi connectivity index (χ2n) is 19.0. The monoisotopic (exact) mass is 1500 g/mol. The molecule has 0 saturated carbocycles. The van der Waals surface area contributed by atoms with Crippen molar-refractivity contribution in [3.63, 3.8) is 0 Å². The average molecular weight is 1500 g/mol. The third-order valence-electron chi connectivity index (χ3n) is 12.5. The molecule has 0 aromatic heterocycles. The van der Waals surface area contributed by atoms with E-state index in [1.54, 1.807) is 0 Å². The van der Waals surface area contributed by atoms with Crippen molar-refractivity contribution < 1.29 is 135 Å². The summed E-state index contributed by atoms with van der Waals surface area (Å²) >= 11 is 0. The first-order chi connectivity index (χ1) is 42.8. The molecule has 500 valence electrons. The molecular formula is C47H36N6O31S10. The Morgan fingerprint density at radius 1 is 0.277 bits per heavy atom. The number of urea groups is 1. The molecule has 47 heteroatoms. The van der Waals surface area contributed by atoms with Crippen LogP contribution in [0.1, 0.15) is 20.7 Å². The summed E-state index contributed by atoms with van der Waals surface area (Å²) in [6.45, 7) is 0. The van der Waals surface area contributed by atoms with Crippen molar-refractivity contribution in [1.29, 1.82) is 0 Å². The number of carbonyl (C=O) groups excluding carboxylic acids is 3. The second-order valence-corrected chi connectivity index (χ2v) is 33.6. The van der Waals surface area contributed by atoms with Crippen LogP contribution in [0.3, 0.4) is 0 Å². The van der Waals surface area contributed by atoms with Gasteiger partial charge in [-0.1, -0.05) is 12.1 Å². The third kappa shape index (κ3) is 16.1. The lowest BCUT2D eigenvalue weighted by molar-refractivity contribution is 0.101. The molecule has 8 rings (SSSR count). The fraction of sp³-hybridized carbons (Fsp3) is 0. The average Bonchev–Trinajstić information content (AvgIpc) is 0.750. The first-order valence-corrected chi connectivity index (χ1v) is 38.6. The predicted molar refractivity (Wildman–Crippen MR) is 322 cm³/mol. The van der Waals surface area contributed by atoms with Gasteiger partial charge in [0, 0.05) is 33.3 Å². The van der Waals surface area contributed by atoms with E-state index >= 15 is 0 Å². The van der Waals surface area contributed by atoms with Crippen molar-refractivity contribution in [1.82, 2.24) is 0 Å². The van der Waals surface area contributed by atoms with Crippen LogP contribution in [-0.2, 0) is 101 Å². The Balaban J connectivity index is 1.01. The maximum atomic E-state index is 13.8. The van der Waals surface area contributed by atoms with Gasteiger partial charge < -0.3 is 21.3 Å². The maximum Gasteiger partial charge on any atom is 0.323 e. The minimum atomic E-state index is -5.56. The number of hydrogen-bond acceptors (Lipinski definition) is 23. The van der Waals surface area contributed by atoms with Crippen molar-refractivity contribution >= 4 is 175 Å². The number of anilines is 6. The van der Waals surface area contributed by atoms with Crippen LogP contribution in [0.4, 0.5) is 38.9 Å². The molecule has 0 radical (unpaired) electrons. The number of fused-ring (bicyclic) bond motifs is 2. The molecule has 0 aliphatic heterocycles. The van der Waals surface area contributed by atoms with Gasteiger partial charge in [0.15, 0.2) is 0 Å². The SMILES string of the molecule is O=C(Nc1ccc(C(=O)Nc2cccc(S(=O)(=O)Nc3cc(S(=O)(=O)O)cc4cc(S(=O)(=O)O)cc(S(=O)(=O)O)c34)c2)cc1S(=O)(=O)O)Nc1ccc(C(=O)Nc2cccc(S(=O)(=O)Nc3cc(S(=O)(=O)O)cc4cc(S(=O)(=O)O)cc(S(=O)(=O)O)c34)c2)cc1S(=O)(=O)O. The van der Waals surface area contributed by atoms with E-state index in [-0.39, 0.29) is 12.1 Å². The van der Waals surface area contributed by atoms with Gasteiger partial charge in [-0.15, -0.1) is 0 Å². The Labute approximate surface area is 530 Å². The van der Waals surface area contributed by atoms with Crippen molar-refractivity contribution in [2.75, 3.05) is 30.7 Å². The predicted octanol–water partition coefficient (Wildman–Crippen LogP) is 3.72. The highest BCUT2D eigenvalue weighted by Crippen LogP contribution is 2.39. The minimum Gasteiger partial charge on any atom is -0.322 e. The standard InChI is InChI=1S/C47H36N6O31S10/c54-45(48-27-3-1-5-29(17-27)85(57,58)52-37-19-31(87(61,62)63)11-25-13-33(89(67,68)69)21-41(43(25)37)93(79,80)81)23-7-9-35(39(15-23)91(73,74)75)50-47(56)51-36-10-8-24(16-40(36)92(76,77)78)46(55)49-28-4-2-6-30(18-28)86(59,60)53-38-20-32(88(64,65)66)12-26-14-34(90(70,71)72)22-42(44(26)38)94(82,83)84/h1-22,52-53H,(H,48,54)(H,49,55)(H2,50,51,56)(H,61,62,63)(H,64,65,66)(H,67,68,69)(H,70,71,72)(H,73,74,75)(H,76,77,78)(H,79,80,81)(H,82,83,84). The number of benzene rings is 8. The molecule has 8 aromatic rings. The van der Waals surface area contributed by atoms with Crippen LogP contribution in [0.5, 0.6) is 0 Å². The fourth-order valence-corrected chi connectivity index (χ4v) is 15.9. The van der Waals surface area contributed by atoms with Gasteiger partial charge in [-0.05, 0) is 132 Å². The van der Waals surface area contributed by atoms with E-state index < -0.39 is 235 Å². The van der Waals surface area contributed by atoms with Gasteiger partial charge in [0.1, 0.15) is 19.6 Å². The normalized spacial score (nSPS) is 13.0. The highest BCUT2D eigenvalue weighted by atomic mass is 32.3. The summed E-state index contributed by atoms with van der Waals surface area (Å²) in [5.74, 6) is -2.56. The van der Waals surface area contributed by atoms with Crippen molar-refractivity contribution in [3.8, 4) is 0 Å². The highest BCUT2D eigenvalue weighted by Gasteiger charge is 2.31. The molecule has 0 bridgehead atoms. The van der Waals surface area contributed by atoms with E-state index in [2.05, 4.69) is 10.6 Å². The molecule has 14 N–H and O–H groups in total. The van der Waals surface area contributed by atoms with Crippen LogP contribution < -0.4 is 30.7 Å². The van der Waals surface area contributed by atoms with Crippen LogP contribution in [0.2, 0.25) is 0 Å². The summed E-state index contributed by atoms with van der Waals surface area (Å²) < 4.78 is 335. The lowest BCUT2D eigenvalue weighted by Gasteiger charge is -2.16. The second kappa shape index (κ2) is 24.6. The Kier molecular flexibility index (Phi) is 18.6. The summed E-state index contributed by atoms with van der Waals surface area (Å²) in [6.07, 6.45) is 0. The number of hydrogen-bond donors (Lipinski definition) is 14. The van der Waals surface area contributed by atoms with E-state index in [0.29, 0.717) is 72.8 Å². The van der Waals surface area contributed by atoms with E-state index in [9.17, 15) is 135 Å². The van der Waals surface area contributed by atoms with Crippen LogP contribution in [0.15, 0.2) is 182 Å². The molecule has 0 spiro atoms. The Bertz CT molecular complexity index is 5520. The zero-order chi connectivity index (χ0) is 70.2. The van der Waals surface area contributed by atoms with Crippen LogP contribution >= 0.6 is 0 Å². The fourth-order valence-electron chi connectivity index (χ4n) is 8.54. The summed E-state index contributed by atoms with van der Waals surface area (Å²) in [5, 5.41) is 4.88. The Hall–Kier alpha value is -8.73. The molecule has 0 saturated heterocycles. The van der Waals surface area contributed by atoms with Crippen LogP contribution in [-0.4, -0.2) is 138 Å². The quantitative estimate of drug-likeness (QED) is 0.0483. The molecule has 4 amide bonds. The largest absolute Gasteiger partial charge is 0.323 e. The number of sulfonamides is 2. The van der Waals surface area contributed by atoms with E-state index in [0.717, 1.165) is 48.5 Å². The molecule has 0 heterocycles. The molecule has 0 aliphatic carbocycles. The zero-order valence-electron chi connectivity index (χ0n) is 45.3. The number of carbonyl (C=O) groups is 3. The zero-order valence-corrected chi connectivity index (χ0v) is 53.4. The summed E-state index contributed by atoms with van der Waals surface area (Å²) in [4.78, 5) is 28.6. The number of rotatable bonds is 20. The van der Waals surface area contributed by atoms with Crippen molar-refractivity contribution in [2.24, 2.45) is 0 Å². The van der Waals surface area contributed by atoms with E-state index in [1.165, 1.54) is 0 Å². The topological polar surface area (TPSA) is 627 Å². The number of nitrogens with one attached hydrogen (secondary N) is 6. The lowest BCUT2D eigenvalue weighted by atomic mass is 10.1. The highest BCUT2D eigenvalue weighted by molar-refractivity contribution is 7.93. The smallest absolute Gasteiger partial charge is 0.322 e. The molecule has 0 fully saturated rings. The van der Waals surface area contributed by atoms with Gasteiger partial charge in [-0.25, -0.2) is 21.6 Å². The van der Waals surface area contributed by atoms with Crippen molar-refractivity contribution in [2.45, 2.75) is 49.0 Å². The molecule has 8 aromatic carbocycles. The van der Waals surface area contributed by atoms with Gasteiger partial charge >= 0.3 is 6.03 Å².